The Morgan fingerprint density at radius 1 is 1.57 bits per heavy atom. The topological polar surface area (TPSA) is 0 Å². The summed E-state index contributed by atoms with van der Waals surface area (Å²) in [4.78, 5) is 0. The van der Waals surface area contributed by atoms with Gasteiger partial charge in [-0.2, -0.15) is 12.6 Å². The van der Waals surface area contributed by atoms with Crippen LogP contribution in [-0.4, -0.2) is 10.9 Å². The fourth-order valence-corrected chi connectivity index (χ4v) is 0. The van der Waals surface area contributed by atoms with E-state index >= 15 is 0 Å². The first kappa shape index (κ1) is 7.28. The monoisotopic (exact) mass is 122 g/mol. The average molecular weight is 122 g/mol. The maximum Gasteiger partial charge on any atom is 0.116 e. The van der Waals surface area contributed by atoms with Gasteiger partial charge in [0.2, 0.25) is 0 Å². The van der Waals surface area contributed by atoms with Crippen molar-refractivity contribution in [1.82, 2.24) is 0 Å². The zero-order valence-corrected chi connectivity index (χ0v) is 5.80. The highest BCUT2D eigenvalue weighted by atomic mass is 32.1. The van der Waals surface area contributed by atoms with Crippen LogP contribution >= 0.6 is 12.6 Å². The quantitative estimate of drug-likeness (QED) is 0.506. The number of alkyl halides is 1. The third kappa shape index (κ3) is 2.92. The van der Waals surface area contributed by atoms with E-state index in [2.05, 4.69) is 12.6 Å². The van der Waals surface area contributed by atoms with Crippen LogP contribution in [0.5, 0.6) is 0 Å². The van der Waals surface area contributed by atoms with Gasteiger partial charge in [0, 0.05) is 5.25 Å². The molecule has 0 radical (unpaired) electrons. The van der Waals surface area contributed by atoms with Gasteiger partial charge in [-0.3, -0.25) is 0 Å². The van der Waals surface area contributed by atoms with Crippen LogP contribution in [0.3, 0.4) is 0 Å². The molecule has 0 saturated heterocycles. The molecule has 1 atom stereocenters. The van der Waals surface area contributed by atoms with Crippen molar-refractivity contribution in [2.24, 2.45) is 0 Å². The highest BCUT2D eigenvalue weighted by Gasteiger charge is 2.20. The minimum atomic E-state index is -1.14. The van der Waals surface area contributed by atoms with E-state index in [0.717, 1.165) is 0 Å². The molecule has 0 saturated carbocycles. The maximum atomic E-state index is 12.4. The van der Waals surface area contributed by atoms with Crippen molar-refractivity contribution in [3.05, 3.63) is 0 Å². The summed E-state index contributed by atoms with van der Waals surface area (Å²) in [7, 11) is 0. The fraction of sp³-hybridized carbons (Fsp3) is 1.00. The van der Waals surface area contributed by atoms with Crippen molar-refractivity contribution < 1.29 is 4.39 Å². The molecule has 7 heavy (non-hydrogen) atoms. The molecule has 0 rings (SSSR count). The molecule has 0 aliphatic carbocycles. The van der Waals surface area contributed by atoms with E-state index < -0.39 is 5.67 Å². The lowest BCUT2D eigenvalue weighted by Gasteiger charge is -2.16. The number of rotatable bonds is 1. The van der Waals surface area contributed by atoms with Gasteiger partial charge in [-0.05, 0) is 13.8 Å². The molecule has 2 heteroatoms. The number of hydrogen-bond acceptors (Lipinski definition) is 1. The van der Waals surface area contributed by atoms with Crippen molar-refractivity contribution >= 4 is 12.6 Å². The SMILES string of the molecule is CC(S)C(C)(C)F. The van der Waals surface area contributed by atoms with E-state index in [1.54, 1.807) is 6.92 Å². The Morgan fingerprint density at radius 3 is 1.71 bits per heavy atom. The van der Waals surface area contributed by atoms with Gasteiger partial charge in [0.1, 0.15) is 5.67 Å². The summed E-state index contributed by atoms with van der Waals surface area (Å²) in [5.74, 6) is 0. The third-order valence-corrected chi connectivity index (χ3v) is 1.61. The number of halogens is 1. The van der Waals surface area contributed by atoms with Crippen LogP contribution in [0.4, 0.5) is 4.39 Å². The van der Waals surface area contributed by atoms with Crippen LogP contribution in [0, 0.1) is 0 Å². The molecule has 0 amide bonds. The molecule has 44 valence electrons. The maximum absolute atomic E-state index is 12.4. The van der Waals surface area contributed by atoms with Crippen molar-refractivity contribution in [3.8, 4) is 0 Å². The molecular weight excluding hydrogens is 111 g/mol. The first-order valence-electron chi connectivity index (χ1n) is 2.31. The lowest BCUT2D eigenvalue weighted by atomic mass is 10.1. The summed E-state index contributed by atoms with van der Waals surface area (Å²) in [6.45, 7) is 4.78. The molecule has 0 nitrogen and oxygen atoms in total. The third-order valence-electron chi connectivity index (χ3n) is 0.993. The van der Waals surface area contributed by atoms with Gasteiger partial charge in [0.25, 0.3) is 0 Å². The Balaban J connectivity index is 3.54. The molecule has 0 N–H and O–H groups in total. The first-order chi connectivity index (χ1) is 2.94. The largest absolute Gasteiger partial charge is 0.243 e. The smallest absolute Gasteiger partial charge is 0.116 e. The standard InChI is InChI=1S/C5H11FS/c1-4(7)5(2,3)6/h4,7H,1-3H3. The molecule has 0 aromatic carbocycles. The predicted octanol–water partition coefficient (Wildman–Crippen LogP) is 2.05. The molecular formula is C5H11FS. The van der Waals surface area contributed by atoms with Crippen molar-refractivity contribution in [3.63, 3.8) is 0 Å². The van der Waals surface area contributed by atoms with E-state index in [1.807, 2.05) is 0 Å². The Labute approximate surface area is 49.5 Å². The lowest BCUT2D eigenvalue weighted by Crippen LogP contribution is -2.22. The van der Waals surface area contributed by atoms with Crippen molar-refractivity contribution in [2.45, 2.75) is 31.7 Å². The summed E-state index contributed by atoms with van der Waals surface area (Å²) in [6.07, 6.45) is 0. The molecule has 0 bridgehead atoms. The normalized spacial score (nSPS) is 16.7. The molecule has 0 aliphatic heterocycles. The number of hydrogen-bond donors (Lipinski definition) is 1. The summed E-state index contributed by atoms with van der Waals surface area (Å²) in [6, 6.07) is 0. The fourth-order valence-electron chi connectivity index (χ4n) is 0. The second kappa shape index (κ2) is 2.03. The van der Waals surface area contributed by atoms with Crippen LogP contribution in [-0.2, 0) is 0 Å². The minimum Gasteiger partial charge on any atom is -0.243 e. The van der Waals surface area contributed by atoms with Crippen LogP contribution in [0.15, 0.2) is 0 Å². The van der Waals surface area contributed by atoms with Crippen molar-refractivity contribution in [2.75, 3.05) is 0 Å². The Kier molecular flexibility index (Phi) is 2.11. The highest BCUT2D eigenvalue weighted by Crippen LogP contribution is 2.17. The first-order valence-corrected chi connectivity index (χ1v) is 2.83. The minimum absolute atomic E-state index is 0.174. The summed E-state index contributed by atoms with van der Waals surface area (Å²) >= 11 is 3.90. The van der Waals surface area contributed by atoms with Gasteiger partial charge < -0.3 is 0 Å². The Hall–Kier alpha value is 0.280. The van der Waals surface area contributed by atoms with Crippen LogP contribution in [0.25, 0.3) is 0 Å². The lowest BCUT2D eigenvalue weighted by molar-refractivity contribution is 0.219. The van der Waals surface area contributed by atoms with Crippen LogP contribution in [0.1, 0.15) is 20.8 Å². The Bertz CT molecular complexity index is 53.6. The van der Waals surface area contributed by atoms with E-state index in [4.69, 9.17) is 0 Å². The average Bonchev–Trinajstić information content (AvgIpc) is 1.31. The Morgan fingerprint density at radius 2 is 1.71 bits per heavy atom. The van der Waals surface area contributed by atoms with E-state index in [0.29, 0.717) is 0 Å². The highest BCUT2D eigenvalue weighted by molar-refractivity contribution is 7.81. The second-order valence-corrected chi connectivity index (χ2v) is 3.01. The van der Waals surface area contributed by atoms with Gasteiger partial charge in [-0.1, -0.05) is 6.92 Å². The van der Waals surface area contributed by atoms with E-state index in [9.17, 15) is 4.39 Å². The predicted molar refractivity (Wildman–Crippen MR) is 33.6 cm³/mol. The molecule has 0 heterocycles. The molecule has 0 spiro atoms. The zero-order valence-electron chi connectivity index (χ0n) is 4.90. The summed E-state index contributed by atoms with van der Waals surface area (Å²) < 4.78 is 12.4. The van der Waals surface area contributed by atoms with E-state index in [1.165, 1.54) is 13.8 Å². The molecule has 0 aromatic rings. The van der Waals surface area contributed by atoms with Gasteiger partial charge in [0.15, 0.2) is 0 Å². The van der Waals surface area contributed by atoms with E-state index in [-0.39, 0.29) is 5.25 Å². The summed E-state index contributed by atoms with van der Waals surface area (Å²) in [5, 5.41) is -0.174. The van der Waals surface area contributed by atoms with Gasteiger partial charge in [0.05, 0.1) is 0 Å². The van der Waals surface area contributed by atoms with Crippen LogP contribution in [0.2, 0.25) is 0 Å². The van der Waals surface area contributed by atoms with Gasteiger partial charge >= 0.3 is 0 Å². The molecule has 0 aliphatic rings. The van der Waals surface area contributed by atoms with Gasteiger partial charge in [-0.15, -0.1) is 0 Å². The summed E-state index contributed by atoms with van der Waals surface area (Å²) in [5.41, 5.74) is -1.14. The van der Waals surface area contributed by atoms with Crippen molar-refractivity contribution in [1.29, 1.82) is 0 Å². The van der Waals surface area contributed by atoms with Crippen LogP contribution < -0.4 is 0 Å². The molecule has 1 unspecified atom stereocenters. The zero-order chi connectivity index (χ0) is 6.08. The number of thiol groups is 1. The van der Waals surface area contributed by atoms with Gasteiger partial charge in [-0.25, -0.2) is 4.39 Å². The second-order valence-electron chi connectivity index (χ2n) is 2.24. The molecule has 0 aromatic heterocycles. The molecule has 0 fully saturated rings.